The van der Waals surface area contributed by atoms with E-state index >= 15 is 0 Å². The van der Waals surface area contributed by atoms with Crippen LogP contribution in [0.2, 0.25) is 0 Å². The first-order chi connectivity index (χ1) is 15.6. The zero-order valence-corrected chi connectivity index (χ0v) is 18.4. The zero-order chi connectivity index (χ0) is 22.3. The van der Waals surface area contributed by atoms with E-state index in [9.17, 15) is 9.59 Å². The SMILES string of the molecule is Cc1cccc(C2CCC(C(=O)NCCc3ccccn3)CN2C(=O)c2ccccc2)c1. The predicted molar refractivity (Wildman–Crippen MR) is 125 cm³/mol. The average molecular weight is 428 g/mol. The van der Waals surface area contributed by atoms with E-state index in [0.29, 0.717) is 25.1 Å². The van der Waals surface area contributed by atoms with Crippen LogP contribution in [0.4, 0.5) is 0 Å². The highest BCUT2D eigenvalue weighted by molar-refractivity contribution is 5.95. The van der Waals surface area contributed by atoms with Crippen molar-refractivity contribution in [2.45, 2.75) is 32.2 Å². The number of pyridine rings is 1. The summed E-state index contributed by atoms with van der Waals surface area (Å²) in [4.78, 5) is 32.5. The maximum absolute atomic E-state index is 13.4. The zero-order valence-electron chi connectivity index (χ0n) is 18.4. The third kappa shape index (κ3) is 5.22. The number of carbonyl (C=O) groups excluding carboxylic acids is 2. The van der Waals surface area contributed by atoms with Crippen molar-refractivity contribution in [2.75, 3.05) is 13.1 Å². The van der Waals surface area contributed by atoms with Gasteiger partial charge < -0.3 is 10.2 Å². The molecule has 1 aliphatic rings. The number of hydrogen-bond acceptors (Lipinski definition) is 3. The van der Waals surface area contributed by atoms with E-state index in [0.717, 1.165) is 24.1 Å². The van der Waals surface area contributed by atoms with Crippen molar-refractivity contribution in [1.82, 2.24) is 15.2 Å². The van der Waals surface area contributed by atoms with Gasteiger partial charge in [-0.15, -0.1) is 0 Å². The van der Waals surface area contributed by atoms with Crippen LogP contribution in [0.3, 0.4) is 0 Å². The summed E-state index contributed by atoms with van der Waals surface area (Å²) in [6, 6.07) is 23.4. The third-order valence-corrected chi connectivity index (χ3v) is 6.07. The Kier molecular flexibility index (Phi) is 6.95. The number of amides is 2. The van der Waals surface area contributed by atoms with Crippen molar-refractivity contribution < 1.29 is 9.59 Å². The van der Waals surface area contributed by atoms with Crippen LogP contribution in [-0.2, 0) is 11.2 Å². The molecule has 1 N–H and O–H groups in total. The monoisotopic (exact) mass is 427 g/mol. The van der Waals surface area contributed by atoms with Gasteiger partial charge in [-0.1, -0.05) is 54.1 Å². The fraction of sp³-hybridized carbons (Fsp3) is 0.296. The minimum atomic E-state index is -0.215. The summed E-state index contributed by atoms with van der Waals surface area (Å²) in [5, 5.41) is 3.05. The van der Waals surface area contributed by atoms with Gasteiger partial charge in [0.25, 0.3) is 5.91 Å². The third-order valence-electron chi connectivity index (χ3n) is 6.07. The van der Waals surface area contributed by atoms with E-state index in [4.69, 9.17) is 0 Å². The summed E-state index contributed by atoms with van der Waals surface area (Å²) >= 11 is 0. The van der Waals surface area contributed by atoms with Crippen molar-refractivity contribution in [3.63, 3.8) is 0 Å². The van der Waals surface area contributed by atoms with Gasteiger partial charge in [0, 0.05) is 37.0 Å². The molecule has 3 aromatic rings. The van der Waals surface area contributed by atoms with Gasteiger partial charge in [0.2, 0.25) is 5.91 Å². The van der Waals surface area contributed by atoms with E-state index in [-0.39, 0.29) is 23.8 Å². The molecular weight excluding hydrogens is 398 g/mol. The van der Waals surface area contributed by atoms with Crippen LogP contribution in [0.15, 0.2) is 79.0 Å². The van der Waals surface area contributed by atoms with E-state index < -0.39 is 0 Å². The van der Waals surface area contributed by atoms with E-state index in [1.807, 2.05) is 59.5 Å². The maximum atomic E-state index is 13.4. The van der Waals surface area contributed by atoms with Crippen molar-refractivity contribution in [3.8, 4) is 0 Å². The Balaban J connectivity index is 1.47. The number of likely N-dealkylation sites (tertiary alicyclic amines) is 1. The predicted octanol–water partition coefficient (Wildman–Crippen LogP) is 4.34. The van der Waals surface area contributed by atoms with Crippen molar-refractivity contribution in [1.29, 1.82) is 0 Å². The van der Waals surface area contributed by atoms with Gasteiger partial charge in [0.1, 0.15) is 0 Å². The first kappa shape index (κ1) is 21.8. The standard InChI is InChI=1S/C27H29N3O2/c1-20-8-7-11-22(18-20)25-14-13-23(19-30(25)27(32)21-9-3-2-4-10-21)26(31)29-17-15-24-12-5-6-16-28-24/h2-12,16,18,23,25H,13-15,17,19H2,1H3,(H,29,31). The second-order valence-corrected chi connectivity index (χ2v) is 8.39. The molecule has 164 valence electrons. The molecule has 32 heavy (non-hydrogen) atoms. The number of benzene rings is 2. The molecule has 0 saturated carbocycles. The number of aryl methyl sites for hydroxylation is 1. The highest BCUT2D eigenvalue weighted by Gasteiger charge is 2.35. The van der Waals surface area contributed by atoms with E-state index in [1.165, 1.54) is 5.56 Å². The minimum Gasteiger partial charge on any atom is -0.355 e. The molecule has 2 aromatic carbocycles. The number of hydrogen-bond donors (Lipinski definition) is 1. The lowest BCUT2D eigenvalue weighted by Crippen LogP contribution is -2.47. The molecule has 5 nitrogen and oxygen atoms in total. The smallest absolute Gasteiger partial charge is 0.254 e. The molecule has 1 saturated heterocycles. The van der Waals surface area contributed by atoms with Crippen LogP contribution < -0.4 is 5.32 Å². The lowest BCUT2D eigenvalue weighted by atomic mass is 9.87. The lowest BCUT2D eigenvalue weighted by molar-refractivity contribution is -0.126. The van der Waals surface area contributed by atoms with Gasteiger partial charge in [-0.2, -0.15) is 0 Å². The highest BCUT2D eigenvalue weighted by atomic mass is 16.2. The summed E-state index contributed by atoms with van der Waals surface area (Å²) < 4.78 is 0. The molecular formula is C27H29N3O2. The van der Waals surface area contributed by atoms with Crippen LogP contribution in [0, 0.1) is 12.8 Å². The Hall–Kier alpha value is -3.47. The number of nitrogens with one attached hydrogen (secondary N) is 1. The molecule has 1 aromatic heterocycles. The Morgan fingerprint density at radius 2 is 1.81 bits per heavy atom. The maximum Gasteiger partial charge on any atom is 0.254 e. The van der Waals surface area contributed by atoms with Crippen molar-refractivity contribution in [2.24, 2.45) is 5.92 Å². The van der Waals surface area contributed by atoms with Gasteiger partial charge >= 0.3 is 0 Å². The van der Waals surface area contributed by atoms with Crippen molar-refractivity contribution >= 4 is 11.8 Å². The second-order valence-electron chi connectivity index (χ2n) is 8.39. The lowest BCUT2D eigenvalue weighted by Gasteiger charge is -2.39. The molecule has 0 bridgehead atoms. The van der Waals surface area contributed by atoms with E-state index in [1.54, 1.807) is 6.20 Å². The number of aromatic nitrogens is 1. The molecule has 2 amide bonds. The van der Waals surface area contributed by atoms with Crippen LogP contribution in [0.1, 0.15) is 46.1 Å². The summed E-state index contributed by atoms with van der Waals surface area (Å²) in [6.07, 6.45) is 3.97. The number of nitrogens with zero attached hydrogens (tertiary/aromatic N) is 2. The van der Waals surface area contributed by atoms with Crippen molar-refractivity contribution in [3.05, 3.63) is 101 Å². The molecule has 0 aliphatic carbocycles. The fourth-order valence-electron chi connectivity index (χ4n) is 4.38. The molecule has 2 atom stereocenters. The Morgan fingerprint density at radius 1 is 1.00 bits per heavy atom. The molecule has 0 radical (unpaired) electrons. The number of carbonyl (C=O) groups is 2. The normalized spacial score (nSPS) is 18.2. The number of piperidine rings is 1. The molecule has 2 heterocycles. The summed E-state index contributed by atoms with van der Waals surface area (Å²) in [5.41, 5.74) is 3.91. The van der Waals surface area contributed by atoms with Gasteiger partial charge in [0.05, 0.1) is 12.0 Å². The van der Waals surface area contributed by atoms with Crippen LogP contribution in [0.5, 0.6) is 0 Å². The molecule has 2 unspecified atom stereocenters. The summed E-state index contributed by atoms with van der Waals surface area (Å²) in [7, 11) is 0. The van der Waals surface area contributed by atoms with Gasteiger partial charge in [-0.25, -0.2) is 0 Å². The quantitative estimate of drug-likeness (QED) is 0.636. The Bertz CT molecular complexity index is 1050. The first-order valence-electron chi connectivity index (χ1n) is 11.2. The second kappa shape index (κ2) is 10.2. The van der Waals surface area contributed by atoms with Gasteiger partial charge in [-0.05, 0) is 49.6 Å². The first-order valence-corrected chi connectivity index (χ1v) is 11.2. The molecule has 1 aliphatic heterocycles. The Morgan fingerprint density at radius 3 is 2.56 bits per heavy atom. The molecule has 5 heteroatoms. The van der Waals surface area contributed by atoms with Crippen LogP contribution in [0.25, 0.3) is 0 Å². The highest BCUT2D eigenvalue weighted by Crippen LogP contribution is 2.35. The van der Waals surface area contributed by atoms with Crippen LogP contribution in [-0.4, -0.2) is 34.8 Å². The average Bonchev–Trinajstić information content (AvgIpc) is 2.84. The van der Waals surface area contributed by atoms with E-state index in [2.05, 4.69) is 35.4 Å². The largest absolute Gasteiger partial charge is 0.355 e. The summed E-state index contributed by atoms with van der Waals surface area (Å²) in [5.74, 6) is -0.231. The summed E-state index contributed by atoms with van der Waals surface area (Å²) in [6.45, 7) is 3.02. The molecule has 0 spiro atoms. The topological polar surface area (TPSA) is 62.3 Å². The van der Waals surface area contributed by atoms with Crippen LogP contribution >= 0.6 is 0 Å². The minimum absolute atomic E-state index is 0.00878. The number of rotatable bonds is 6. The Labute approximate surface area is 189 Å². The molecule has 4 rings (SSSR count). The fourth-order valence-corrected chi connectivity index (χ4v) is 4.38. The van der Waals surface area contributed by atoms with Gasteiger partial charge in [0.15, 0.2) is 0 Å². The molecule has 1 fully saturated rings. The van der Waals surface area contributed by atoms with Gasteiger partial charge in [-0.3, -0.25) is 14.6 Å².